The van der Waals surface area contributed by atoms with Crippen molar-refractivity contribution in [1.29, 1.82) is 0 Å². The monoisotopic (exact) mass is 586 g/mol. The SMILES string of the molecule is C=C1COCC(C)CN(C)C[C@](C)([C@H](OC2CC(N(C)C)CC(C)O2)[C@@H](C)[C@H](O)C(C)C(=O)OCC(C)(C)O)OC1. The Bertz CT molecular complexity index is 833. The molecule has 0 bridgehead atoms. The quantitative estimate of drug-likeness (QED) is 0.293. The summed E-state index contributed by atoms with van der Waals surface area (Å²) in [6.07, 6.45) is -0.698. The highest BCUT2D eigenvalue weighted by atomic mass is 16.7. The molecule has 0 spiro atoms. The van der Waals surface area contributed by atoms with Crippen LogP contribution in [0, 0.1) is 17.8 Å². The fraction of sp³-hybridized carbons (Fsp3) is 0.903. The van der Waals surface area contributed by atoms with Gasteiger partial charge in [-0.2, -0.15) is 0 Å². The molecule has 0 aromatic rings. The lowest BCUT2D eigenvalue weighted by Crippen LogP contribution is -2.59. The summed E-state index contributed by atoms with van der Waals surface area (Å²) in [5, 5.41) is 21.6. The molecule has 0 radical (unpaired) electrons. The molecule has 2 saturated heterocycles. The second kappa shape index (κ2) is 15.6. The Balaban J connectivity index is 2.41. The molecule has 9 atom stereocenters. The number of hydrogen-bond acceptors (Lipinski definition) is 10. The summed E-state index contributed by atoms with van der Waals surface area (Å²) in [7, 11) is 6.16. The van der Waals surface area contributed by atoms with Crippen LogP contribution in [0.3, 0.4) is 0 Å². The van der Waals surface area contributed by atoms with Crippen LogP contribution in [0.25, 0.3) is 0 Å². The predicted octanol–water partition coefficient (Wildman–Crippen LogP) is 2.70. The second-order valence-corrected chi connectivity index (χ2v) is 13.7. The number of carbonyl (C=O) groups is 1. The van der Waals surface area contributed by atoms with Gasteiger partial charge >= 0.3 is 5.97 Å². The molecule has 5 unspecified atom stereocenters. The van der Waals surface area contributed by atoms with E-state index in [1.54, 1.807) is 20.8 Å². The van der Waals surface area contributed by atoms with Crippen LogP contribution < -0.4 is 0 Å². The molecule has 10 heteroatoms. The van der Waals surface area contributed by atoms with Gasteiger partial charge in [0, 0.05) is 31.5 Å². The van der Waals surface area contributed by atoms with Crippen LogP contribution in [-0.2, 0) is 28.5 Å². The highest BCUT2D eigenvalue weighted by Crippen LogP contribution is 2.35. The summed E-state index contributed by atoms with van der Waals surface area (Å²) in [6.45, 7) is 19.4. The molecule has 2 heterocycles. The molecule has 2 N–H and O–H groups in total. The van der Waals surface area contributed by atoms with Crippen LogP contribution in [0.2, 0.25) is 0 Å². The van der Waals surface area contributed by atoms with E-state index in [1.165, 1.54) is 0 Å². The van der Waals surface area contributed by atoms with E-state index >= 15 is 0 Å². The van der Waals surface area contributed by atoms with Gasteiger partial charge in [-0.15, -0.1) is 0 Å². The number of nitrogens with zero attached hydrogens (tertiary/aromatic N) is 2. The van der Waals surface area contributed by atoms with Gasteiger partial charge in [-0.1, -0.05) is 20.4 Å². The molecule has 0 saturated carbocycles. The van der Waals surface area contributed by atoms with Gasteiger partial charge in [0.15, 0.2) is 6.29 Å². The van der Waals surface area contributed by atoms with Gasteiger partial charge in [-0.3, -0.25) is 4.79 Å². The van der Waals surface area contributed by atoms with Crippen molar-refractivity contribution in [3.05, 3.63) is 12.2 Å². The van der Waals surface area contributed by atoms with Crippen LogP contribution >= 0.6 is 0 Å². The number of rotatable bonds is 10. The fourth-order valence-corrected chi connectivity index (χ4v) is 5.84. The van der Waals surface area contributed by atoms with Crippen molar-refractivity contribution in [2.75, 3.05) is 60.7 Å². The van der Waals surface area contributed by atoms with Crippen molar-refractivity contribution >= 4 is 5.97 Å². The Labute approximate surface area is 248 Å². The molecule has 0 amide bonds. The van der Waals surface area contributed by atoms with E-state index in [0.29, 0.717) is 32.1 Å². The molecule has 0 aromatic heterocycles. The van der Waals surface area contributed by atoms with Crippen LogP contribution in [0.4, 0.5) is 0 Å². The predicted molar refractivity (Wildman–Crippen MR) is 158 cm³/mol. The summed E-state index contributed by atoms with van der Waals surface area (Å²) >= 11 is 0. The molecule has 240 valence electrons. The lowest BCUT2D eigenvalue weighted by molar-refractivity contribution is -0.272. The van der Waals surface area contributed by atoms with Crippen LogP contribution in [0.5, 0.6) is 0 Å². The standard InChI is InChI=1S/C31H58N2O8/c1-20-14-33(11)18-31(8,39-17-21(2)16-37-15-20)28(41-26-13-25(32(9)10)12-22(3)40-26)23(4)27(34)24(5)29(35)38-19-30(6,7)36/h20,22-28,34,36H,2,12-19H2,1,3-11H3/t20?,22?,23-,24?,25?,26?,27-,28+,31+/m0/s1. The number of likely N-dealkylation sites (N-methyl/N-ethyl adjacent to an activating group) is 1. The maximum atomic E-state index is 12.9. The number of aliphatic hydroxyl groups is 2. The van der Waals surface area contributed by atoms with Crippen LogP contribution in [0.1, 0.15) is 61.3 Å². The molecule has 2 rings (SSSR count). The number of carbonyl (C=O) groups excluding carboxylic acids is 1. The first-order valence-electron chi connectivity index (χ1n) is 15.0. The number of esters is 1. The van der Waals surface area contributed by atoms with Gasteiger partial charge in [-0.05, 0) is 73.7 Å². The minimum absolute atomic E-state index is 0.000463. The van der Waals surface area contributed by atoms with Crippen molar-refractivity contribution in [2.24, 2.45) is 17.8 Å². The molecule has 0 aromatic carbocycles. The van der Waals surface area contributed by atoms with Crippen molar-refractivity contribution in [3.8, 4) is 0 Å². The Morgan fingerprint density at radius 2 is 1.90 bits per heavy atom. The van der Waals surface area contributed by atoms with Gasteiger partial charge in [-0.25, -0.2) is 0 Å². The Kier molecular flexibility index (Phi) is 13.7. The van der Waals surface area contributed by atoms with Crippen molar-refractivity contribution in [3.63, 3.8) is 0 Å². The first kappa shape index (κ1) is 36.1. The lowest BCUT2D eigenvalue weighted by atomic mass is 9.81. The summed E-state index contributed by atoms with van der Waals surface area (Å²) in [4.78, 5) is 17.3. The van der Waals surface area contributed by atoms with Gasteiger partial charge < -0.3 is 43.7 Å². The summed E-state index contributed by atoms with van der Waals surface area (Å²) in [5.41, 5.74) is -1.24. The molecule has 0 aliphatic carbocycles. The first-order chi connectivity index (χ1) is 18.9. The Hall–Kier alpha value is -1.11. The van der Waals surface area contributed by atoms with E-state index in [1.807, 2.05) is 27.8 Å². The summed E-state index contributed by atoms with van der Waals surface area (Å²) < 4.78 is 30.9. The van der Waals surface area contributed by atoms with E-state index in [4.69, 9.17) is 23.7 Å². The summed E-state index contributed by atoms with van der Waals surface area (Å²) in [6, 6.07) is 0.280. The first-order valence-corrected chi connectivity index (χ1v) is 15.0. The number of hydrogen-bond donors (Lipinski definition) is 2. The Morgan fingerprint density at radius 1 is 1.24 bits per heavy atom. The molecular weight excluding hydrogens is 528 g/mol. The normalized spacial score (nSPS) is 32.6. The minimum atomic E-state index is -1.17. The smallest absolute Gasteiger partial charge is 0.311 e. The van der Waals surface area contributed by atoms with E-state index in [0.717, 1.165) is 18.5 Å². The third-order valence-electron chi connectivity index (χ3n) is 8.07. The van der Waals surface area contributed by atoms with Crippen molar-refractivity contribution in [2.45, 2.75) is 103 Å². The second-order valence-electron chi connectivity index (χ2n) is 13.7. The lowest BCUT2D eigenvalue weighted by Gasteiger charge is -2.47. The number of ether oxygens (including phenoxy) is 5. The maximum Gasteiger partial charge on any atom is 0.311 e. The molecule has 41 heavy (non-hydrogen) atoms. The van der Waals surface area contributed by atoms with Crippen molar-refractivity contribution in [1.82, 2.24) is 9.80 Å². The zero-order chi connectivity index (χ0) is 31.1. The average molecular weight is 587 g/mol. The third-order valence-corrected chi connectivity index (χ3v) is 8.07. The van der Waals surface area contributed by atoms with Gasteiger partial charge in [0.1, 0.15) is 12.2 Å². The van der Waals surface area contributed by atoms with Crippen molar-refractivity contribution < 1.29 is 38.7 Å². The number of aliphatic hydroxyl groups excluding tert-OH is 1. The van der Waals surface area contributed by atoms with Crippen LogP contribution in [0.15, 0.2) is 12.2 Å². The Morgan fingerprint density at radius 3 is 2.51 bits per heavy atom. The van der Waals surface area contributed by atoms with Gasteiger partial charge in [0.05, 0.1) is 49.7 Å². The maximum absolute atomic E-state index is 12.9. The van der Waals surface area contributed by atoms with E-state index in [-0.39, 0.29) is 25.4 Å². The molecule has 10 nitrogen and oxygen atoms in total. The van der Waals surface area contributed by atoms with E-state index < -0.39 is 47.5 Å². The van der Waals surface area contributed by atoms with Gasteiger partial charge in [0.25, 0.3) is 0 Å². The largest absolute Gasteiger partial charge is 0.462 e. The van der Waals surface area contributed by atoms with Crippen LogP contribution in [-0.4, -0.2) is 128 Å². The zero-order valence-electron chi connectivity index (χ0n) is 27.2. The molecule has 2 fully saturated rings. The van der Waals surface area contributed by atoms with E-state index in [2.05, 4.69) is 37.4 Å². The third kappa shape index (κ3) is 11.5. The molecular formula is C31H58N2O8. The minimum Gasteiger partial charge on any atom is -0.462 e. The highest BCUT2D eigenvalue weighted by molar-refractivity contribution is 5.72. The highest BCUT2D eigenvalue weighted by Gasteiger charge is 2.47. The van der Waals surface area contributed by atoms with E-state index in [9.17, 15) is 15.0 Å². The summed E-state index contributed by atoms with van der Waals surface area (Å²) in [5.74, 6) is -1.67. The van der Waals surface area contributed by atoms with Gasteiger partial charge in [0.2, 0.25) is 0 Å². The molecule has 2 aliphatic rings. The fourth-order valence-electron chi connectivity index (χ4n) is 5.84. The topological polar surface area (TPSA) is 110 Å². The average Bonchev–Trinajstić information content (AvgIpc) is 2.88. The molecule has 2 aliphatic heterocycles. The zero-order valence-corrected chi connectivity index (χ0v) is 27.2.